The van der Waals surface area contributed by atoms with Crippen molar-refractivity contribution in [2.75, 3.05) is 6.61 Å². The van der Waals surface area contributed by atoms with Gasteiger partial charge in [-0.15, -0.1) is 0 Å². The first-order valence-electron chi connectivity index (χ1n) is 12.4. The largest absolute Gasteiger partial charge is 0.491 e. The van der Waals surface area contributed by atoms with Crippen molar-refractivity contribution in [3.63, 3.8) is 0 Å². The summed E-state index contributed by atoms with van der Waals surface area (Å²) in [7, 11) is 0. The lowest BCUT2D eigenvalue weighted by Crippen LogP contribution is -2.26. The Morgan fingerprint density at radius 1 is 1.00 bits per heavy atom. The van der Waals surface area contributed by atoms with E-state index in [1.807, 2.05) is 95.3 Å². The molecule has 4 aromatic rings. The number of hydrogen-bond donors (Lipinski definition) is 0. The Bertz CT molecular complexity index is 1510. The third kappa shape index (κ3) is 5.57. The number of rotatable bonds is 8. The molecule has 0 fully saturated rings. The monoisotopic (exact) mass is 493 g/mol. The first kappa shape index (κ1) is 25.7. The summed E-state index contributed by atoms with van der Waals surface area (Å²) in [6, 6.07) is 23.7. The van der Waals surface area contributed by atoms with Crippen LogP contribution in [0.25, 0.3) is 22.3 Å². The third-order valence-corrected chi connectivity index (χ3v) is 6.07. The maximum Gasteiger partial charge on any atom is 0.299 e. The van der Waals surface area contributed by atoms with Crippen LogP contribution in [0.5, 0.6) is 11.8 Å². The van der Waals surface area contributed by atoms with Gasteiger partial charge in [0.15, 0.2) is 0 Å². The molecule has 6 nitrogen and oxygen atoms in total. The number of nitriles is 1. The molecule has 0 aliphatic rings. The van der Waals surface area contributed by atoms with Crippen LogP contribution in [-0.4, -0.2) is 22.3 Å². The van der Waals surface area contributed by atoms with E-state index in [4.69, 9.17) is 9.47 Å². The molecule has 1 aromatic heterocycles. The summed E-state index contributed by atoms with van der Waals surface area (Å²) < 4.78 is 13.2. The second-order valence-corrected chi connectivity index (χ2v) is 9.18. The summed E-state index contributed by atoms with van der Waals surface area (Å²) >= 11 is 0. The summed E-state index contributed by atoms with van der Waals surface area (Å²) in [6.45, 7) is 10.4. The van der Waals surface area contributed by atoms with Crippen LogP contribution in [-0.2, 0) is 6.54 Å². The molecule has 0 saturated carbocycles. The fourth-order valence-corrected chi connectivity index (χ4v) is 4.34. The molecule has 3 aromatic carbocycles. The van der Waals surface area contributed by atoms with E-state index in [0.717, 1.165) is 33.6 Å². The SMILES string of the molecule is CCOc1nc(C)c(-c2ccc(OC(C)C)c(C)c2)c(=O)n1Cc1ccc(-c2ccccc2C#N)cc1. The summed E-state index contributed by atoms with van der Waals surface area (Å²) in [6.07, 6.45) is 0.0652. The van der Waals surface area contributed by atoms with Crippen molar-refractivity contribution < 1.29 is 9.47 Å². The van der Waals surface area contributed by atoms with Crippen molar-refractivity contribution >= 4 is 0 Å². The van der Waals surface area contributed by atoms with Crippen LogP contribution in [0, 0.1) is 25.2 Å². The molecule has 0 unspecified atom stereocenters. The van der Waals surface area contributed by atoms with E-state index in [2.05, 4.69) is 11.1 Å². The molecule has 6 heteroatoms. The van der Waals surface area contributed by atoms with Crippen molar-refractivity contribution in [3.05, 3.63) is 99.5 Å². The van der Waals surface area contributed by atoms with E-state index in [0.29, 0.717) is 36.0 Å². The lowest BCUT2D eigenvalue weighted by Gasteiger charge is -2.17. The van der Waals surface area contributed by atoms with Crippen molar-refractivity contribution in [2.24, 2.45) is 0 Å². The molecule has 1 heterocycles. The summed E-state index contributed by atoms with van der Waals surface area (Å²) in [5, 5.41) is 9.44. The van der Waals surface area contributed by atoms with Crippen molar-refractivity contribution in [1.82, 2.24) is 9.55 Å². The van der Waals surface area contributed by atoms with Crippen LogP contribution in [0.4, 0.5) is 0 Å². The zero-order chi connectivity index (χ0) is 26.5. The highest BCUT2D eigenvalue weighted by Gasteiger charge is 2.18. The molecule has 0 saturated heterocycles. The van der Waals surface area contributed by atoms with Crippen LogP contribution >= 0.6 is 0 Å². The van der Waals surface area contributed by atoms with E-state index in [9.17, 15) is 10.1 Å². The minimum Gasteiger partial charge on any atom is -0.491 e. The standard InChI is InChI=1S/C31H31N3O3/c1-6-36-31-33-22(5)29(25-15-16-28(21(4)17-25)37-20(2)3)30(35)34(31)19-23-11-13-24(14-12-23)27-10-8-7-9-26(27)18-32/h7-17,20H,6,19H2,1-5H3. The lowest BCUT2D eigenvalue weighted by molar-refractivity contribution is 0.241. The predicted octanol–water partition coefficient (Wildman–Crippen LogP) is 6.30. The quantitative estimate of drug-likeness (QED) is 0.288. The maximum absolute atomic E-state index is 13.8. The van der Waals surface area contributed by atoms with E-state index >= 15 is 0 Å². The number of aryl methyl sites for hydroxylation is 2. The molecule has 0 amide bonds. The molecule has 188 valence electrons. The van der Waals surface area contributed by atoms with Gasteiger partial charge >= 0.3 is 0 Å². The van der Waals surface area contributed by atoms with Gasteiger partial charge in [-0.05, 0) is 80.6 Å². The van der Waals surface area contributed by atoms with Gasteiger partial charge in [-0.3, -0.25) is 9.36 Å². The highest BCUT2D eigenvalue weighted by atomic mass is 16.5. The van der Waals surface area contributed by atoms with Crippen LogP contribution in [0.1, 0.15) is 43.2 Å². The van der Waals surface area contributed by atoms with Gasteiger partial charge in [0.25, 0.3) is 11.6 Å². The van der Waals surface area contributed by atoms with Gasteiger partial charge in [0.1, 0.15) is 5.75 Å². The molecule has 0 bridgehead atoms. The van der Waals surface area contributed by atoms with Crippen LogP contribution in [0.3, 0.4) is 0 Å². The Morgan fingerprint density at radius 2 is 1.70 bits per heavy atom. The summed E-state index contributed by atoms with van der Waals surface area (Å²) in [5.41, 5.74) is 6.12. The number of aromatic nitrogens is 2. The van der Waals surface area contributed by atoms with Gasteiger partial charge < -0.3 is 9.47 Å². The molecule has 0 atom stereocenters. The van der Waals surface area contributed by atoms with Crippen molar-refractivity contribution in [2.45, 2.75) is 47.3 Å². The van der Waals surface area contributed by atoms with Gasteiger partial charge in [-0.25, -0.2) is 4.98 Å². The molecule has 4 rings (SSSR count). The Balaban J connectivity index is 1.73. The number of nitrogens with zero attached hydrogens (tertiary/aromatic N) is 3. The number of ether oxygens (including phenoxy) is 2. The minimum atomic E-state index is -0.160. The van der Waals surface area contributed by atoms with Gasteiger partial charge in [-0.2, -0.15) is 5.26 Å². The lowest BCUT2D eigenvalue weighted by atomic mass is 9.99. The minimum absolute atomic E-state index is 0.0652. The average Bonchev–Trinajstić information content (AvgIpc) is 2.88. The van der Waals surface area contributed by atoms with Gasteiger partial charge in [-0.1, -0.05) is 48.5 Å². The van der Waals surface area contributed by atoms with Gasteiger partial charge in [0, 0.05) is 0 Å². The summed E-state index contributed by atoms with van der Waals surface area (Å²) in [5.74, 6) is 0.800. The second kappa shape index (κ2) is 11.1. The molecule has 0 radical (unpaired) electrons. The van der Waals surface area contributed by atoms with Crippen LogP contribution in [0.15, 0.2) is 71.5 Å². The molecule has 0 aliphatic heterocycles. The normalized spacial score (nSPS) is 10.8. The Labute approximate surface area is 217 Å². The number of hydrogen-bond acceptors (Lipinski definition) is 5. The smallest absolute Gasteiger partial charge is 0.299 e. The van der Waals surface area contributed by atoms with Gasteiger partial charge in [0.05, 0.1) is 42.1 Å². The van der Waals surface area contributed by atoms with E-state index in [1.165, 1.54) is 0 Å². The first-order valence-corrected chi connectivity index (χ1v) is 12.4. The Morgan fingerprint density at radius 3 is 2.35 bits per heavy atom. The molecule has 0 spiro atoms. The molecular formula is C31H31N3O3. The van der Waals surface area contributed by atoms with E-state index in [-0.39, 0.29) is 11.7 Å². The Hall–Kier alpha value is -4.37. The maximum atomic E-state index is 13.8. The van der Waals surface area contributed by atoms with Gasteiger partial charge in [0.2, 0.25) is 0 Å². The Kier molecular flexibility index (Phi) is 7.74. The summed E-state index contributed by atoms with van der Waals surface area (Å²) in [4.78, 5) is 18.5. The highest BCUT2D eigenvalue weighted by Crippen LogP contribution is 2.28. The van der Waals surface area contributed by atoms with Crippen LogP contribution in [0.2, 0.25) is 0 Å². The predicted molar refractivity (Wildman–Crippen MR) is 146 cm³/mol. The van der Waals surface area contributed by atoms with E-state index in [1.54, 1.807) is 10.6 Å². The zero-order valence-corrected chi connectivity index (χ0v) is 21.9. The molecule has 0 N–H and O–H groups in total. The van der Waals surface area contributed by atoms with Crippen molar-refractivity contribution in [1.29, 1.82) is 5.26 Å². The fourth-order valence-electron chi connectivity index (χ4n) is 4.34. The van der Waals surface area contributed by atoms with Crippen LogP contribution < -0.4 is 15.0 Å². The zero-order valence-electron chi connectivity index (χ0n) is 21.9. The third-order valence-electron chi connectivity index (χ3n) is 6.07. The highest BCUT2D eigenvalue weighted by molar-refractivity contribution is 5.70. The molecule has 37 heavy (non-hydrogen) atoms. The topological polar surface area (TPSA) is 77.1 Å². The first-order chi connectivity index (χ1) is 17.8. The molecular weight excluding hydrogens is 462 g/mol. The van der Waals surface area contributed by atoms with Crippen molar-refractivity contribution in [3.8, 4) is 40.1 Å². The van der Waals surface area contributed by atoms with E-state index < -0.39 is 0 Å². The fraction of sp³-hybridized carbons (Fsp3) is 0.258. The molecule has 0 aliphatic carbocycles. The number of benzene rings is 3. The second-order valence-electron chi connectivity index (χ2n) is 9.18. The average molecular weight is 494 g/mol.